The molecule has 1 aromatic heterocycles. The third-order valence-electron chi connectivity index (χ3n) is 3.53. The van der Waals surface area contributed by atoms with Crippen LogP contribution in [0.15, 0.2) is 12.1 Å². The van der Waals surface area contributed by atoms with Crippen LogP contribution in [0.5, 0.6) is 0 Å². The van der Waals surface area contributed by atoms with Crippen LogP contribution in [-0.4, -0.2) is 34.6 Å². The Morgan fingerprint density at radius 1 is 1.45 bits per heavy atom. The van der Waals surface area contributed by atoms with E-state index in [1.54, 1.807) is 16.2 Å². The van der Waals surface area contributed by atoms with Gasteiger partial charge in [0.1, 0.15) is 0 Å². The smallest absolute Gasteiger partial charge is 0.317 e. The molecule has 1 aromatic rings. The molecule has 0 aromatic carbocycles. The van der Waals surface area contributed by atoms with Gasteiger partial charge < -0.3 is 15.3 Å². The van der Waals surface area contributed by atoms with Crippen LogP contribution >= 0.6 is 11.3 Å². The van der Waals surface area contributed by atoms with E-state index in [1.807, 2.05) is 6.07 Å². The molecule has 1 unspecified atom stereocenters. The lowest BCUT2D eigenvalue weighted by molar-refractivity contribution is -0.137. The number of nitrogens with zero attached hydrogens (tertiary/aromatic N) is 1. The summed E-state index contributed by atoms with van der Waals surface area (Å²) in [5, 5.41) is 11.7. The van der Waals surface area contributed by atoms with Crippen LogP contribution in [0.2, 0.25) is 0 Å². The fourth-order valence-electron chi connectivity index (χ4n) is 2.49. The van der Waals surface area contributed by atoms with Crippen molar-refractivity contribution in [2.45, 2.75) is 45.2 Å². The van der Waals surface area contributed by atoms with Gasteiger partial charge >= 0.3 is 12.0 Å². The zero-order chi connectivity index (χ0) is 14.5. The second kappa shape index (κ2) is 6.74. The molecule has 2 rings (SSSR count). The highest BCUT2D eigenvalue weighted by Gasteiger charge is 2.30. The van der Waals surface area contributed by atoms with E-state index in [1.165, 1.54) is 4.88 Å². The molecule has 20 heavy (non-hydrogen) atoms. The molecule has 1 aliphatic heterocycles. The van der Waals surface area contributed by atoms with E-state index in [0.29, 0.717) is 13.1 Å². The minimum absolute atomic E-state index is 0.0341. The topological polar surface area (TPSA) is 69.6 Å². The van der Waals surface area contributed by atoms with Crippen LogP contribution in [0.3, 0.4) is 0 Å². The minimum Gasteiger partial charge on any atom is -0.481 e. The standard InChI is InChI=1S/C14H20N2O3S/c1-2-11-5-6-12(20-11)9-15-14(19)16-7-3-4-10(16)8-13(17)18/h5-6,10H,2-4,7-9H2,1H3,(H,15,19)(H,17,18). The normalized spacial score (nSPS) is 18.2. The first-order chi connectivity index (χ1) is 9.60. The molecular weight excluding hydrogens is 276 g/mol. The van der Waals surface area contributed by atoms with Gasteiger partial charge in [-0.1, -0.05) is 6.92 Å². The highest BCUT2D eigenvalue weighted by atomic mass is 32.1. The maximum Gasteiger partial charge on any atom is 0.317 e. The van der Waals surface area contributed by atoms with Gasteiger partial charge in [-0.15, -0.1) is 11.3 Å². The summed E-state index contributed by atoms with van der Waals surface area (Å²) in [6, 6.07) is 3.79. The van der Waals surface area contributed by atoms with Gasteiger partial charge in [-0.25, -0.2) is 4.79 Å². The largest absolute Gasteiger partial charge is 0.481 e. The van der Waals surface area contributed by atoms with Crippen molar-refractivity contribution in [3.05, 3.63) is 21.9 Å². The van der Waals surface area contributed by atoms with Crippen LogP contribution in [0, 0.1) is 0 Å². The molecule has 1 fully saturated rings. The number of thiophene rings is 1. The van der Waals surface area contributed by atoms with Crippen molar-refractivity contribution >= 4 is 23.3 Å². The van der Waals surface area contributed by atoms with E-state index in [2.05, 4.69) is 18.3 Å². The molecule has 1 saturated heterocycles. The van der Waals surface area contributed by atoms with Gasteiger partial charge in [0.25, 0.3) is 0 Å². The van der Waals surface area contributed by atoms with E-state index in [-0.39, 0.29) is 18.5 Å². The zero-order valence-electron chi connectivity index (χ0n) is 11.6. The Labute approximate surface area is 122 Å². The molecule has 0 aliphatic carbocycles. The van der Waals surface area contributed by atoms with Crippen molar-refractivity contribution in [2.75, 3.05) is 6.54 Å². The Balaban J connectivity index is 1.86. The average Bonchev–Trinajstić information content (AvgIpc) is 3.04. The molecule has 2 heterocycles. The number of carbonyl (C=O) groups excluding carboxylic acids is 1. The summed E-state index contributed by atoms with van der Waals surface area (Å²) in [6.07, 6.45) is 2.70. The molecule has 0 saturated carbocycles. The SMILES string of the molecule is CCc1ccc(CNC(=O)N2CCCC2CC(=O)O)s1. The fraction of sp³-hybridized carbons (Fsp3) is 0.571. The Hall–Kier alpha value is -1.56. The summed E-state index contributed by atoms with van der Waals surface area (Å²) < 4.78 is 0. The summed E-state index contributed by atoms with van der Waals surface area (Å²) in [7, 11) is 0. The number of nitrogens with one attached hydrogen (secondary N) is 1. The average molecular weight is 296 g/mol. The summed E-state index contributed by atoms with van der Waals surface area (Å²) in [4.78, 5) is 27.0. The van der Waals surface area contributed by atoms with E-state index in [9.17, 15) is 9.59 Å². The summed E-state index contributed by atoms with van der Waals surface area (Å²) >= 11 is 1.70. The predicted molar refractivity (Wildman–Crippen MR) is 77.9 cm³/mol. The summed E-state index contributed by atoms with van der Waals surface area (Å²) in [6.45, 7) is 3.27. The molecule has 1 atom stereocenters. The molecule has 0 bridgehead atoms. The molecular formula is C14H20N2O3S. The lowest BCUT2D eigenvalue weighted by Crippen LogP contribution is -2.43. The van der Waals surface area contributed by atoms with Crippen LogP contribution in [0.4, 0.5) is 4.79 Å². The van der Waals surface area contributed by atoms with E-state index in [4.69, 9.17) is 5.11 Å². The van der Waals surface area contributed by atoms with Gasteiger partial charge in [-0.2, -0.15) is 0 Å². The number of carboxylic acids is 1. The number of rotatable bonds is 5. The molecule has 6 heteroatoms. The number of carboxylic acid groups (broad SMARTS) is 1. The van der Waals surface area contributed by atoms with Gasteiger partial charge in [0, 0.05) is 22.3 Å². The molecule has 2 N–H and O–H groups in total. The molecule has 1 aliphatic rings. The van der Waals surface area contributed by atoms with E-state index >= 15 is 0 Å². The van der Waals surface area contributed by atoms with Crippen molar-refractivity contribution in [3.8, 4) is 0 Å². The number of carbonyl (C=O) groups is 2. The lowest BCUT2D eigenvalue weighted by Gasteiger charge is -2.23. The van der Waals surface area contributed by atoms with Gasteiger partial charge in [0.2, 0.25) is 0 Å². The number of urea groups is 1. The van der Waals surface area contributed by atoms with E-state index in [0.717, 1.165) is 24.1 Å². The Morgan fingerprint density at radius 3 is 2.85 bits per heavy atom. The van der Waals surface area contributed by atoms with Crippen LogP contribution in [0.1, 0.15) is 35.9 Å². The molecule has 2 amide bonds. The number of aryl methyl sites for hydroxylation is 1. The number of hydrogen-bond acceptors (Lipinski definition) is 3. The number of likely N-dealkylation sites (tertiary alicyclic amines) is 1. The predicted octanol–water partition coefficient (Wildman–Crippen LogP) is 2.46. The quantitative estimate of drug-likeness (QED) is 0.877. The fourth-order valence-corrected chi connectivity index (χ4v) is 3.39. The van der Waals surface area contributed by atoms with Crippen molar-refractivity contribution in [2.24, 2.45) is 0 Å². The van der Waals surface area contributed by atoms with Gasteiger partial charge in [0.15, 0.2) is 0 Å². The Morgan fingerprint density at radius 2 is 2.20 bits per heavy atom. The first-order valence-electron chi connectivity index (χ1n) is 6.94. The highest BCUT2D eigenvalue weighted by Crippen LogP contribution is 2.21. The second-order valence-electron chi connectivity index (χ2n) is 4.97. The van der Waals surface area contributed by atoms with Crippen LogP contribution in [-0.2, 0) is 17.8 Å². The van der Waals surface area contributed by atoms with Crippen molar-refractivity contribution in [1.82, 2.24) is 10.2 Å². The molecule has 0 spiro atoms. The zero-order valence-corrected chi connectivity index (χ0v) is 12.4. The van der Waals surface area contributed by atoms with Gasteiger partial charge in [0.05, 0.1) is 13.0 Å². The third-order valence-corrected chi connectivity index (χ3v) is 4.76. The van der Waals surface area contributed by atoms with Gasteiger partial charge in [-0.05, 0) is 31.4 Å². The molecule has 5 nitrogen and oxygen atoms in total. The molecule has 0 radical (unpaired) electrons. The second-order valence-corrected chi connectivity index (χ2v) is 6.22. The van der Waals surface area contributed by atoms with Crippen molar-refractivity contribution in [1.29, 1.82) is 0 Å². The van der Waals surface area contributed by atoms with Crippen molar-refractivity contribution in [3.63, 3.8) is 0 Å². The maximum atomic E-state index is 12.1. The Bertz CT molecular complexity index is 487. The highest BCUT2D eigenvalue weighted by molar-refractivity contribution is 7.11. The third kappa shape index (κ3) is 3.72. The number of amides is 2. The summed E-state index contributed by atoms with van der Waals surface area (Å²) in [5.74, 6) is -0.847. The number of hydrogen-bond donors (Lipinski definition) is 2. The summed E-state index contributed by atoms with van der Waals surface area (Å²) in [5.41, 5.74) is 0. The molecule has 110 valence electrons. The number of aliphatic carboxylic acids is 1. The van der Waals surface area contributed by atoms with Crippen molar-refractivity contribution < 1.29 is 14.7 Å². The van der Waals surface area contributed by atoms with Crippen LogP contribution < -0.4 is 5.32 Å². The Kier molecular flexibility index (Phi) is 5.00. The monoisotopic (exact) mass is 296 g/mol. The maximum absolute atomic E-state index is 12.1. The minimum atomic E-state index is -0.847. The first kappa shape index (κ1) is 14.8. The lowest BCUT2D eigenvalue weighted by atomic mass is 10.1. The van der Waals surface area contributed by atoms with E-state index < -0.39 is 5.97 Å². The van der Waals surface area contributed by atoms with Gasteiger partial charge in [-0.3, -0.25) is 4.79 Å². The first-order valence-corrected chi connectivity index (χ1v) is 7.75. The van der Waals surface area contributed by atoms with Crippen LogP contribution in [0.25, 0.3) is 0 Å².